The van der Waals surface area contributed by atoms with Crippen molar-refractivity contribution in [2.75, 3.05) is 6.61 Å². The lowest BCUT2D eigenvalue weighted by Crippen LogP contribution is -2.36. The standard InChI is InChI=1S/C13H20O2/c1-5-9-15-12(14)11-10(2)7-6-8-13(11,3)4/h5,11H,1-2,6-9H2,3-4H3/t11-/m1/s1. The summed E-state index contributed by atoms with van der Waals surface area (Å²) in [7, 11) is 0. The second kappa shape index (κ2) is 4.65. The Bertz CT molecular complexity index is 276. The van der Waals surface area contributed by atoms with Crippen molar-refractivity contribution in [1.29, 1.82) is 0 Å². The van der Waals surface area contributed by atoms with Crippen molar-refractivity contribution in [2.24, 2.45) is 11.3 Å². The molecule has 1 rings (SSSR count). The van der Waals surface area contributed by atoms with Gasteiger partial charge in [0.1, 0.15) is 6.61 Å². The highest BCUT2D eigenvalue weighted by molar-refractivity contribution is 5.77. The van der Waals surface area contributed by atoms with Gasteiger partial charge in [-0.3, -0.25) is 4.79 Å². The first-order chi connectivity index (χ1) is 6.99. The molecular weight excluding hydrogens is 188 g/mol. The van der Waals surface area contributed by atoms with Crippen molar-refractivity contribution in [3.8, 4) is 0 Å². The van der Waals surface area contributed by atoms with E-state index in [-0.39, 0.29) is 17.3 Å². The minimum absolute atomic E-state index is 0.0203. The molecule has 0 aromatic carbocycles. The van der Waals surface area contributed by atoms with Crippen LogP contribution in [0.5, 0.6) is 0 Å². The van der Waals surface area contributed by atoms with Gasteiger partial charge in [0, 0.05) is 0 Å². The molecule has 84 valence electrons. The zero-order chi connectivity index (χ0) is 11.5. The second-order valence-electron chi connectivity index (χ2n) is 4.85. The van der Waals surface area contributed by atoms with E-state index in [0.29, 0.717) is 6.61 Å². The maximum atomic E-state index is 11.9. The maximum Gasteiger partial charge on any atom is 0.313 e. The molecule has 2 nitrogen and oxygen atoms in total. The van der Waals surface area contributed by atoms with Crippen LogP contribution in [-0.4, -0.2) is 12.6 Å². The molecule has 1 saturated carbocycles. The zero-order valence-corrected chi connectivity index (χ0v) is 9.71. The molecule has 0 radical (unpaired) electrons. The molecular formula is C13H20O2. The van der Waals surface area contributed by atoms with Crippen molar-refractivity contribution in [1.82, 2.24) is 0 Å². The van der Waals surface area contributed by atoms with E-state index in [9.17, 15) is 4.79 Å². The summed E-state index contributed by atoms with van der Waals surface area (Å²) in [6, 6.07) is 0. The van der Waals surface area contributed by atoms with Gasteiger partial charge in [0.15, 0.2) is 0 Å². The van der Waals surface area contributed by atoms with Gasteiger partial charge in [-0.1, -0.05) is 38.7 Å². The summed E-state index contributed by atoms with van der Waals surface area (Å²) in [6.07, 6.45) is 4.71. The predicted molar refractivity (Wildman–Crippen MR) is 61.4 cm³/mol. The van der Waals surface area contributed by atoms with Gasteiger partial charge < -0.3 is 4.74 Å². The zero-order valence-electron chi connectivity index (χ0n) is 9.71. The Labute approximate surface area is 92.0 Å². The van der Waals surface area contributed by atoms with Crippen molar-refractivity contribution in [2.45, 2.75) is 33.1 Å². The number of esters is 1. The topological polar surface area (TPSA) is 26.3 Å². The second-order valence-corrected chi connectivity index (χ2v) is 4.85. The molecule has 0 amide bonds. The first kappa shape index (κ1) is 12.0. The van der Waals surface area contributed by atoms with Gasteiger partial charge in [0.2, 0.25) is 0 Å². The molecule has 15 heavy (non-hydrogen) atoms. The molecule has 1 fully saturated rings. The van der Waals surface area contributed by atoms with Gasteiger partial charge in [0.25, 0.3) is 0 Å². The third kappa shape index (κ3) is 2.71. The van der Waals surface area contributed by atoms with Gasteiger partial charge in [-0.15, -0.1) is 0 Å². The summed E-state index contributed by atoms with van der Waals surface area (Å²) >= 11 is 0. The molecule has 0 aliphatic heterocycles. The molecule has 1 aliphatic carbocycles. The van der Waals surface area contributed by atoms with Crippen LogP contribution in [0, 0.1) is 11.3 Å². The predicted octanol–water partition coefficient (Wildman–Crippen LogP) is 3.10. The molecule has 1 atom stereocenters. The number of ether oxygens (including phenoxy) is 1. The molecule has 0 unspecified atom stereocenters. The average Bonchev–Trinajstić information content (AvgIpc) is 2.13. The number of carbonyl (C=O) groups is 1. The van der Waals surface area contributed by atoms with Gasteiger partial charge in [-0.05, 0) is 24.7 Å². The first-order valence-corrected chi connectivity index (χ1v) is 5.44. The molecule has 0 N–H and O–H groups in total. The summed E-state index contributed by atoms with van der Waals surface area (Å²) in [6.45, 7) is 12.0. The van der Waals surface area contributed by atoms with E-state index in [4.69, 9.17) is 4.74 Å². The van der Waals surface area contributed by atoms with Crippen molar-refractivity contribution < 1.29 is 9.53 Å². The third-order valence-electron chi connectivity index (χ3n) is 3.09. The quantitative estimate of drug-likeness (QED) is 0.526. The van der Waals surface area contributed by atoms with E-state index in [1.807, 2.05) is 0 Å². The van der Waals surface area contributed by atoms with Crippen LogP contribution in [0.15, 0.2) is 24.8 Å². The van der Waals surface area contributed by atoms with E-state index < -0.39 is 0 Å². The summed E-state index contributed by atoms with van der Waals surface area (Å²) < 4.78 is 5.12. The summed E-state index contributed by atoms with van der Waals surface area (Å²) in [4.78, 5) is 11.9. The molecule has 0 aromatic heterocycles. The Balaban J connectivity index is 2.74. The fraction of sp³-hybridized carbons (Fsp3) is 0.615. The van der Waals surface area contributed by atoms with Gasteiger partial charge >= 0.3 is 5.97 Å². The van der Waals surface area contributed by atoms with Crippen LogP contribution in [0.25, 0.3) is 0 Å². The highest BCUT2D eigenvalue weighted by atomic mass is 16.5. The first-order valence-electron chi connectivity index (χ1n) is 5.44. The molecule has 0 saturated heterocycles. The number of hydrogen-bond donors (Lipinski definition) is 0. The van der Waals surface area contributed by atoms with Crippen LogP contribution < -0.4 is 0 Å². The normalized spacial score (nSPS) is 24.7. The Morgan fingerprint density at radius 2 is 2.33 bits per heavy atom. The van der Waals surface area contributed by atoms with Crippen LogP contribution in [-0.2, 0) is 9.53 Å². The highest BCUT2D eigenvalue weighted by Gasteiger charge is 2.40. The molecule has 0 spiro atoms. The van der Waals surface area contributed by atoms with Crippen LogP contribution in [0.2, 0.25) is 0 Å². The summed E-state index contributed by atoms with van der Waals surface area (Å²) in [5.41, 5.74) is 0.994. The minimum atomic E-state index is -0.149. The van der Waals surface area contributed by atoms with Gasteiger partial charge in [0.05, 0.1) is 5.92 Å². The monoisotopic (exact) mass is 208 g/mol. The highest BCUT2D eigenvalue weighted by Crippen LogP contribution is 2.43. The van der Waals surface area contributed by atoms with Gasteiger partial charge in [-0.25, -0.2) is 0 Å². The van der Waals surface area contributed by atoms with Crippen molar-refractivity contribution in [3.63, 3.8) is 0 Å². The minimum Gasteiger partial charge on any atom is -0.461 e. The van der Waals surface area contributed by atoms with E-state index in [2.05, 4.69) is 27.0 Å². The Kier molecular flexibility index (Phi) is 3.72. The Hall–Kier alpha value is -1.05. The largest absolute Gasteiger partial charge is 0.461 e. The van der Waals surface area contributed by atoms with Crippen LogP contribution in [0.3, 0.4) is 0 Å². The lowest BCUT2D eigenvalue weighted by molar-refractivity contribution is -0.150. The maximum absolute atomic E-state index is 11.9. The molecule has 0 bridgehead atoms. The van der Waals surface area contributed by atoms with Crippen LogP contribution in [0.4, 0.5) is 0 Å². The van der Waals surface area contributed by atoms with Crippen LogP contribution in [0.1, 0.15) is 33.1 Å². The fourth-order valence-electron chi connectivity index (χ4n) is 2.32. The van der Waals surface area contributed by atoms with E-state index in [0.717, 1.165) is 24.8 Å². The average molecular weight is 208 g/mol. The molecule has 2 heteroatoms. The third-order valence-corrected chi connectivity index (χ3v) is 3.09. The molecule has 0 aromatic rings. The SMILES string of the molecule is C=CCOC(=O)[C@H]1C(=C)CCCC1(C)C. The van der Waals surface area contributed by atoms with Crippen LogP contribution >= 0.6 is 0 Å². The lowest BCUT2D eigenvalue weighted by atomic mass is 9.67. The molecule has 0 heterocycles. The smallest absolute Gasteiger partial charge is 0.313 e. The fourth-order valence-corrected chi connectivity index (χ4v) is 2.32. The Morgan fingerprint density at radius 3 is 2.87 bits per heavy atom. The molecule has 1 aliphatic rings. The Morgan fingerprint density at radius 1 is 1.67 bits per heavy atom. The lowest BCUT2D eigenvalue weighted by Gasteiger charge is -2.38. The van der Waals surface area contributed by atoms with Gasteiger partial charge in [-0.2, -0.15) is 0 Å². The number of hydrogen-bond acceptors (Lipinski definition) is 2. The van der Waals surface area contributed by atoms with Crippen molar-refractivity contribution >= 4 is 5.97 Å². The number of carbonyl (C=O) groups excluding carboxylic acids is 1. The summed E-state index contributed by atoms with van der Waals surface area (Å²) in [5, 5.41) is 0. The van der Waals surface area contributed by atoms with E-state index in [1.54, 1.807) is 6.08 Å². The van der Waals surface area contributed by atoms with Crippen molar-refractivity contribution in [3.05, 3.63) is 24.8 Å². The summed E-state index contributed by atoms with van der Waals surface area (Å²) in [5.74, 6) is -0.296. The number of rotatable bonds is 3. The van der Waals surface area contributed by atoms with E-state index in [1.165, 1.54) is 0 Å². The van der Waals surface area contributed by atoms with E-state index >= 15 is 0 Å².